The zero-order valence-electron chi connectivity index (χ0n) is 6.49. The summed E-state index contributed by atoms with van der Waals surface area (Å²) in [5.41, 5.74) is 0.289. The molecule has 2 N–H and O–H groups in total. The fourth-order valence-corrected chi connectivity index (χ4v) is 1.37. The molecular formula is C7H16N2. The molecule has 0 amide bonds. The van der Waals surface area contributed by atoms with Crippen LogP contribution in [0.4, 0.5) is 0 Å². The fraction of sp³-hybridized carbons (Fsp3) is 1.00. The van der Waals surface area contributed by atoms with Gasteiger partial charge in [-0.25, -0.2) is 0 Å². The standard InChI is InChI=1S/C7H16N2/c1-6-4-8-5-7(2,3)9-6/h6,8-9H,4-5H2,1-3H3/t6-/m0/s1. The number of nitrogens with one attached hydrogen (secondary N) is 2. The highest BCUT2D eigenvalue weighted by molar-refractivity contribution is 4.88. The molecule has 1 saturated heterocycles. The minimum Gasteiger partial charge on any atom is -0.313 e. The summed E-state index contributed by atoms with van der Waals surface area (Å²) < 4.78 is 0. The van der Waals surface area contributed by atoms with Crippen molar-refractivity contribution in [3.05, 3.63) is 0 Å². The molecular weight excluding hydrogens is 112 g/mol. The average molecular weight is 128 g/mol. The maximum atomic E-state index is 3.49. The van der Waals surface area contributed by atoms with Gasteiger partial charge in [-0.3, -0.25) is 0 Å². The maximum absolute atomic E-state index is 3.49. The van der Waals surface area contributed by atoms with Crippen LogP contribution in [-0.2, 0) is 0 Å². The van der Waals surface area contributed by atoms with Gasteiger partial charge >= 0.3 is 0 Å². The van der Waals surface area contributed by atoms with Gasteiger partial charge in [0, 0.05) is 24.7 Å². The summed E-state index contributed by atoms with van der Waals surface area (Å²) in [6.07, 6.45) is 0. The van der Waals surface area contributed by atoms with Gasteiger partial charge in [0.1, 0.15) is 0 Å². The van der Waals surface area contributed by atoms with Crippen molar-refractivity contribution in [1.29, 1.82) is 0 Å². The Morgan fingerprint density at radius 2 is 2.11 bits per heavy atom. The topological polar surface area (TPSA) is 24.1 Å². The predicted octanol–water partition coefficient (Wildman–Crippen LogP) is 0.346. The molecule has 2 nitrogen and oxygen atoms in total. The van der Waals surface area contributed by atoms with Gasteiger partial charge in [-0.1, -0.05) is 0 Å². The summed E-state index contributed by atoms with van der Waals surface area (Å²) in [5, 5.41) is 6.86. The van der Waals surface area contributed by atoms with Gasteiger partial charge < -0.3 is 10.6 Å². The van der Waals surface area contributed by atoms with Crippen molar-refractivity contribution >= 4 is 0 Å². The maximum Gasteiger partial charge on any atom is 0.0252 e. The van der Waals surface area contributed by atoms with E-state index in [0.717, 1.165) is 13.1 Å². The van der Waals surface area contributed by atoms with Crippen molar-refractivity contribution in [2.24, 2.45) is 0 Å². The molecule has 0 radical (unpaired) electrons. The molecule has 1 atom stereocenters. The Morgan fingerprint density at radius 3 is 2.44 bits per heavy atom. The molecule has 2 heteroatoms. The number of hydrogen-bond acceptors (Lipinski definition) is 2. The third-order valence-electron chi connectivity index (χ3n) is 1.65. The molecule has 0 aromatic heterocycles. The monoisotopic (exact) mass is 128 g/mol. The van der Waals surface area contributed by atoms with Crippen LogP contribution in [0.5, 0.6) is 0 Å². The predicted molar refractivity (Wildman–Crippen MR) is 39.5 cm³/mol. The van der Waals surface area contributed by atoms with Crippen molar-refractivity contribution in [3.8, 4) is 0 Å². The molecule has 54 valence electrons. The van der Waals surface area contributed by atoms with Crippen LogP contribution in [0.2, 0.25) is 0 Å². The molecule has 1 aliphatic heterocycles. The zero-order valence-corrected chi connectivity index (χ0v) is 6.49. The van der Waals surface area contributed by atoms with E-state index in [-0.39, 0.29) is 5.54 Å². The Morgan fingerprint density at radius 1 is 1.44 bits per heavy atom. The first kappa shape index (κ1) is 7.03. The number of hydrogen-bond donors (Lipinski definition) is 2. The highest BCUT2D eigenvalue weighted by Crippen LogP contribution is 2.05. The van der Waals surface area contributed by atoms with Gasteiger partial charge in [0.15, 0.2) is 0 Å². The van der Waals surface area contributed by atoms with Gasteiger partial charge in [0.2, 0.25) is 0 Å². The van der Waals surface area contributed by atoms with Crippen LogP contribution in [0, 0.1) is 0 Å². The Balaban J connectivity index is 2.41. The lowest BCUT2D eigenvalue weighted by Crippen LogP contribution is -2.59. The molecule has 1 aliphatic rings. The second kappa shape index (κ2) is 2.27. The van der Waals surface area contributed by atoms with Gasteiger partial charge in [0.25, 0.3) is 0 Å². The second-order valence-electron chi connectivity index (χ2n) is 3.56. The molecule has 0 spiro atoms. The molecule has 1 rings (SSSR count). The van der Waals surface area contributed by atoms with E-state index < -0.39 is 0 Å². The molecule has 1 heterocycles. The molecule has 0 aromatic rings. The lowest BCUT2D eigenvalue weighted by Gasteiger charge is -2.36. The fourth-order valence-electron chi connectivity index (χ4n) is 1.37. The number of rotatable bonds is 0. The highest BCUT2D eigenvalue weighted by atomic mass is 15.1. The molecule has 0 aliphatic carbocycles. The van der Waals surface area contributed by atoms with Crippen molar-refractivity contribution in [2.45, 2.75) is 32.4 Å². The number of piperazine rings is 1. The first-order chi connectivity index (χ1) is 4.10. The smallest absolute Gasteiger partial charge is 0.0252 e. The summed E-state index contributed by atoms with van der Waals surface area (Å²) in [6.45, 7) is 8.82. The Kier molecular flexibility index (Phi) is 1.78. The Hall–Kier alpha value is -0.0800. The van der Waals surface area contributed by atoms with Crippen molar-refractivity contribution < 1.29 is 0 Å². The third-order valence-corrected chi connectivity index (χ3v) is 1.65. The minimum atomic E-state index is 0.289. The van der Waals surface area contributed by atoms with Gasteiger partial charge in [-0.05, 0) is 20.8 Å². The van der Waals surface area contributed by atoms with E-state index in [0.29, 0.717) is 6.04 Å². The van der Waals surface area contributed by atoms with Crippen molar-refractivity contribution in [2.75, 3.05) is 13.1 Å². The van der Waals surface area contributed by atoms with E-state index in [2.05, 4.69) is 31.4 Å². The van der Waals surface area contributed by atoms with Crippen molar-refractivity contribution in [3.63, 3.8) is 0 Å². The van der Waals surface area contributed by atoms with E-state index >= 15 is 0 Å². The Bertz CT molecular complexity index is 99.1. The minimum absolute atomic E-state index is 0.289. The first-order valence-corrected chi connectivity index (χ1v) is 3.58. The normalized spacial score (nSPS) is 34.3. The molecule has 1 fully saturated rings. The molecule has 0 bridgehead atoms. The summed E-state index contributed by atoms with van der Waals surface area (Å²) in [7, 11) is 0. The van der Waals surface area contributed by atoms with Crippen LogP contribution in [0.15, 0.2) is 0 Å². The summed E-state index contributed by atoms with van der Waals surface area (Å²) in [6, 6.07) is 0.619. The Labute approximate surface area is 57.0 Å². The van der Waals surface area contributed by atoms with E-state index in [1.54, 1.807) is 0 Å². The molecule has 0 unspecified atom stereocenters. The van der Waals surface area contributed by atoms with Crippen LogP contribution in [-0.4, -0.2) is 24.7 Å². The lowest BCUT2D eigenvalue weighted by atomic mass is 10.0. The van der Waals surface area contributed by atoms with E-state index in [1.807, 2.05) is 0 Å². The molecule has 9 heavy (non-hydrogen) atoms. The summed E-state index contributed by atoms with van der Waals surface area (Å²) in [4.78, 5) is 0. The van der Waals surface area contributed by atoms with Crippen LogP contribution < -0.4 is 10.6 Å². The van der Waals surface area contributed by atoms with Crippen LogP contribution >= 0.6 is 0 Å². The largest absolute Gasteiger partial charge is 0.313 e. The van der Waals surface area contributed by atoms with E-state index in [4.69, 9.17) is 0 Å². The van der Waals surface area contributed by atoms with Gasteiger partial charge in [-0.15, -0.1) is 0 Å². The molecule has 0 aromatic carbocycles. The first-order valence-electron chi connectivity index (χ1n) is 3.58. The molecule has 0 saturated carbocycles. The lowest BCUT2D eigenvalue weighted by molar-refractivity contribution is 0.273. The van der Waals surface area contributed by atoms with E-state index in [1.165, 1.54) is 0 Å². The third kappa shape index (κ3) is 1.95. The van der Waals surface area contributed by atoms with Crippen molar-refractivity contribution in [1.82, 2.24) is 10.6 Å². The highest BCUT2D eigenvalue weighted by Gasteiger charge is 2.23. The average Bonchev–Trinajstić information content (AvgIpc) is 1.60. The van der Waals surface area contributed by atoms with Crippen LogP contribution in [0.3, 0.4) is 0 Å². The van der Waals surface area contributed by atoms with Gasteiger partial charge in [-0.2, -0.15) is 0 Å². The summed E-state index contributed by atoms with van der Waals surface area (Å²) in [5.74, 6) is 0. The second-order valence-corrected chi connectivity index (χ2v) is 3.56. The van der Waals surface area contributed by atoms with E-state index in [9.17, 15) is 0 Å². The summed E-state index contributed by atoms with van der Waals surface area (Å²) >= 11 is 0. The quantitative estimate of drug-likeness (QED) is 0.492. The van der Waals surface area contributed by atoms with Gasteiger partial charge in [0.05, 0.1) is 0 Å². The van der Waals surface area contributed by atoms with Crippen LogP contribution in [0.25, 0.3) is 0 Å². The SMILES string of the molecule is C[C@H]1CNCC(C)(C)N1. The van der Waals surface area contributed by atoms with Crippen LogP contribution in [0.1, 0.15) is 20.8 Å². The zero-order chi connectivity index (χ0) is 6.91.